The van der Waals surface area contributed by atoms with Crippen LogP contribution in [0, 0.1) is 0 Å². The van der Waals surface area contributed by atoms with Crippen LogP contribution >= 0.6 is 0 Å². The van der Waals surface area contributed by atoms with Crippen molar-refractivity contribution >= 4 is 0 Å². The van der Waals surface area contributed by atoms with E-state index in [1.807, 2.05) is 0 Å². The van der Waals surface area contributed by atoms with E-state index in [-0.39, 0.29) is 5.75 Å². The summed E-state index contributed by atoms with van der Waals surface area (Å²) in [6.45, 7) is 4.33. The largest absolute Gasteiger partial charge is 0.573 e. The topological polar surface area (TPSA) is 21.3 Å². The molecule has 1 aromatic carbocycles. The number of rotatable bonds is 5. The van der Waals surface area contributed by atoms with Crippen LogP contribution in [0.25, 0.3) is 0 Å². The van der Waals surface area contributed by atoms with Crippen molar-refractivity contribution in [3.05, 3.63) is 42.5 Å². The third-order valence-corrected chi connectivity index (χ3v) is 1.80. The fraction of sp³-hybridized carbons (Fsp3) is 0.273. The molecule has 1 rings (SSSR count). The fourth-order valence-corrected chi connectivity index (χ4v) is 1.18. The average Bonchev–Trinajstić information content (AvgIpc) is 2.19. The quantitative estimate of drug-likeness (QED) is 0.621. The summed E-state index contributed by atoms with van der Waals surface area (Å²) in [6, 6.07) is 6.03. The Balaban J connectivity index is 2.71. The van der Waals surface area contributed by atoms with E-state index in [4.69, 9.17) is 0 Å². The van der Waals surface area contributed by atoms with Gasteiger partial charge in [-0.1, -0.05) is 24.3 Å². The normalized spacial score (nSPS) is 11.2. The number of benzene rings is 1. The minimum Gasteiger partial charge on any atom is -0.405 e. The lowest BCUT2D eigenvalue weighted by atomic mass is 10.2. The molecule has 0 saturated carbocycles. The third kappa shape index (κ3) is 4.35. The molecule has 0 fully saturated rings. The third-order valence-electron chi connectivity index (χ3n) is 1.80. The standard InChI is InChI=1S/C11H12F3NO/c1-2-7-15-8-9-5-3-4-6-10(9)16-11(12,13)14/h2-6,15H,1,7-8H2. The molecule has 0 amide bonds. The van der Waals surface area contributed by atoms with E-state index >= 15 is 0 Å². The predicted molar refractivity (Wildman–Crippen MR) is 55.0 cm³/mol. The maximum absolute atomic E-state index is 12.1. The summed E-state index contributed by atoms with van der Waals surface area (Å²) in [4.78, 5) is 0. The summed E-state index contributed by atoms with van der Waals surface area (Å²) in [5.41, 5.74) is 0.460. The van der Waals surface area contributed by atoms with Crippen LogP contribution in [0.2, 0.25) is 0 Å². The van der Waals surface area contributed by atoms with Gasteiger partial charge >= 0.3 is 6.36 Å². The number of halogens is 3. The molecule has 1 N–H and O–H groups in total. The number of hydrogen-bond donors (Lipinski definition) is 1. The van der Waals surface area contributed by atoms with Gasteiger partial charge in [-0.05, 0) is 6.07 Å². The summed E-state index contributed by atoms with van der Waals surface area (Å²) in [6.07, 6.45) is -3.03. The van der Waals surface area contributed by atoms with E-state index in [1.165, 1.54) is 12.1 Å². The van der Waals surface area contributed by atoms with E-state index in [0.29, 0.717) is 18.7 Å². The van der Waals surface area contributed by atoms with Gasteiger partial charge in [-0.15, -0.1) is 19.8 Å². The Morgan fingerprint density at radius 3 is 2.62 bits per heavy atom. The van der Waals surface area contributed by atoms with Crippen molar-refractivity contribution in [2.45, 2.75) is 12.9 Å². The molecular formula is C11H12F3NO. The van der Waals surface area contributed by atoms with Crippen molar-refractivity contribution in [2.75, 3.05) is 6.54 Å². The molecule has 0 bridgehead atoms. The number of nitrogens with one attached hydrogen (secondary N) is 1. The molecule has 1 aromatic rings. The lowest BCUT2D eigenvalue weighted by Crippen LogP contribution is -2.20. The zero-order valence-electron chi connectivity index (χ0n) is 8.55. The summed E-state index contributed by atoms with van der Waals surface area (Å²) in [7, 11) is 0. The van der Waals surface area contributed by atoms with Crippen molar-refractivity contribution in [1.29, 1.82) is 0 Å². The minimum absolute atomic E-state index is 0.174. The van der Waals surface area contributed by atoms with Crippen LogP contribution in [-0.4, -0.2) is 12.9 Å². The summed E-state index contributed by atoms with van der Waals surface area (Å²) in [5, 5.41) is 2.91. The Morgan fingerprint density at radius 2 is 2.00 bits per heavy atom. The molecule has 2 nitrogen and oxygen atoms in total. The maximum Gasteiger partial charge on any atom is 0.573 e. The van der Waals surface area contributed by atoms with Gasteiger partial charge in [0.15, 0.2) is 0 Å². The van der Waals surface area contributed by atoms with Gasteiger partial charge in [0.2, 0.25) is 0 Å². The molecule has 5 heteroatoms. The second kappa shape index (κ2) is 5.55. The second-order valence-corrected chi connectivity index (χ2v) is 3.08. The Bertz CT molecular complexity index is 349. The van der Waals surface area contributed by atoms with Crippen molar-refractivity contribution in [1.82, 2.24) is 5.32 Å². The molecule has 0 unspecified atom stereocenters. The summed E-state index contributed by atoms with van der Waals surface area (Å²) >= 11 is 0. The van der Waals surface area contributed by atoms with Gasteiger partial charge in [-0.2, -0.15) is 0 Å². The van der Waals surface area contributed by atoms with Gasteiger partial charge in [-0.3, -0.25) is 0 Å². The van der Waals surface area contributed by atoms with Crippen LogP contribution in [0.3, 0.4) is 0 Å². The zero-order chi connectivity index (χ0) is 12.0. The number of hydrogen-bond acceptors (Lipinski definition) is 2. The van der Waals surface area contributed by atoms with Crippen LogP contribution in [0.1, 0.15) is 5.56 Å². The average molecular weight is 231 g/mol. The van der Waals surface area contributed by atoms with Crippen LogP contribution in [-0.2, 0) is 6.54 Å². The lowest BCUT2D eigenvalue weighted by Gasteiger charge is -2.13. The second-order valence-electron chi connectivity index (χ2n) is 3.08. The molecule has 0 aliphatic heterocycles. The minimum atomic E-state index is -4.66. The highest BCUT2D eigenvalue weighted by molar-refractivity contribution is 5.33. The Kier molecular flexibility index (Phi) is 4.37. The fourth-order valence-electron chi connectivity index (χ4n) is 1.18. The number of alkyl halides is 3. The predicted octanol–water partition coefficient (Wildman–Crippen LogP) is 2.86. The van der Waals surface area contributed by atoms with Gasteiger partial charge in [0, 0.05) is 18.7 Å². The molecule has 0 atom stereocenters. The molecular weight excluding hydrogens is 219 g/mol. The first-order chi connectivity index (χ1) is 7.53. The molecule has 0 saturated heterocycles. The van der Waals surface area contributed by atoms with Crippen LogP contribution < -0.4 is 10.1 Å². The van der Waals surface area contributed by atoms with E-state index in [9.17, 15) is 13.2 Å². The van der Waals surface area contributed by atoms with Crippen molar-refractivity contribution in [3.63, 3.8) is 0 Å². The van der Waals surface area contributed by atoms with E-state index in [1.54, 1.807) is 18.2 Å². The van der Waals surface area contributed by atoms with Gasteiger partial charge in [-0.25, -0.2) is 0 Å². The smallest absolute Gasteiger partial charge is 0.405 e. The van der Waals surface area contributed by atoms with Gasteiger partial charge in [0.25, 0.3) is 0 Å². The van der Waals surface area contributed by atoms with Crippen LogP contribution in [0.15, 0.2) is 36.9 Å². The Morgan fingerprint density at radius 1 is 1.31 bits per heavy atom. The number of ether oxygens (including phenoxy) is 1. The van der Waals surface area contributed by atoms with Crippen LogP contribution in [0.4, 0.5) is 13.2 Å². The Hall–Kier alpha value is -1.49. The Labute approximate surface area is 91.7 Å². The molecule has 0 aliphatic rings. The van der Waals surface area contributed by atoms with Gasteiger partial charge < -0.3 is 10.1 Å². The molecule has 0 spiro atoms. The van der Waals surface area contributed by atoms with Crippen LogP contribution in [0.5, 0.6) is 5.75 Å². The van der Waals surface area contributed by atoms with Crippen molar-refractivity contribution in [2.24, 2.45) is 0 Å². The molecule has 0 heterocycles. The molecule has 16 heavy (non-hydrogen) atoms. The first-order valence-electron chi connectivity index (χ1n) is 4.68. The van der Waals surface area contributed by atoms with Crippen molar-refractivity contribution in [3.8, 4) is 5.75 Å². The van der Waals surface area contributed by atoms with E-state index < -0.39 is 6.36 Å². The molecule has 0 aliphatic carbocycles. The van der Waals surface area contributed by atoms with E-state index in [0.717, 1.165) is 0 Å². The molecule has 0 aromatic heterocycles. The first kappa shape index (κ1) is 12.6. The van der Waals surface area contributed by atoms with Crippen molar-refractivity contribution < 1.29 is 17.9 Å². The highest BCUT2D eigenvalue weighted by atomic mass is 19.4. The highest BCUT2D eigenvalue weighted by Gasteiger charge is 2.31. The molecule has 0 radical (unpaired) electrons. The zero-order valence-corrected chi connectivity index (χ0v) is 8.55. The summed E-state index contributed by atoms with van der Waals surface area (Å²) in [5.74, 6) is -0.174. The molecule has 88 valence electrons. The first-order valence-corrected chi connectivity index (χ1v) is 4.68. The SMILES string of the molecule is C=CCNCc1ccccc1OC(F)(F)F. The monoisotopic (exact) mass is 231 g/mol. The summed E-state index contributed by atoms with van der Waals surface area (Å²) < 4.78 is 40.1. The van der Waals surface area contributed by atoms with Gasteiger partial charge in [0.1, 0.15) is 5.75 Å². The van der Waals surface area contributed by atoms with E-state index in [2.05, 4.69) is 16.6 Å². The highest BCUT2D eigenvalue weighted by Crippen LogP contribution is 2.25. The maximum atomic E-state index is 12.1. The number of para-hydroxylation sites is 1. The van der Waals surface area contributed by atoms with Gasteiger partial charge in [0.05, 0.1) is 0 Å². The lowest BCUT2D eigenvalue weighted by molar-refractivity contribution is -0.274.